The van der Waals surface area contributed by atoms with E-state index in [1.165, 1.54) is 0 Å². The summed E-state index contributed by atoms with van der Waals surface area (Å²) in [6.45, 7) is 7.68. The van der Waals surface area contributed by atoms with Crippen LogP contribution in [0.4, 0.5) is 0 Å². The topological polar surface area (TPSA) is 410 Å². The highest BCUT2D eigenvalue weighted by atomic mass is 16.4. The maximum Gasteiger partial charge on any atom is 0.326 e. The molecule has 0 saturated carbocycles. The number of nitrogens with one attached hydrogen (secondary N) is 6. The third-order valence-electron chi connectivity index (χ3n) is 7.70. The van der Waals surface area contributed by atoms with Crippen molar-refractivity contribution in [3.63, 3.8) is 0 Å². The van der Waals surface area contributed by atoms with Gasteiger partial charge in [0.05, 0.1) is 18.9 Å². The van der Waals surface area contributed by atoms with Crippen LogP contribution in [0.3, 0.4) is 0 Å². The summed E-state index contributed by atoms with van der Waals surface area (Å²) < 4.78 is 0. The summed E-state index contributed by atoms with van der Waals surface area (Å²) in [7, 11) is 0. The highest BCUT2D eigenvalue weighted by molar-refractivity contribution is 5.99. The number of carboxylic acid groups (broad SMARTS) is 1. The molecule has 54 heavy (non-hydrogen) atoms. The second kappa shape index (κ2) is 22.9. The molecule has 0 unspecified atom stereocenters. The molecule has 0 rings (SSSR count). The number of amides is 10. The normalized spacial score (nSPS) is 14.8. The summed E-state index contributed by atoms with van der Waals surface area (Å²) in [5.74, 6) is -12.3. The Bertz CT molecular complexity index is 1440. The van der Waals surface area contributed by atoms with Gasteiger partial charge in [-0.15, -0.1) is 0 Å². The van der Waals surface area contributed by atoms with Crippen molar-refractivity contribution in [3.8, 4) is 0 Å². The lowest BCUT2D eigenvalue weighted by Crippen LogP contribution is -2.61. The molecule has 0 aromatic heterocycles. The van der Waals surface area contributed by atoms with Gasteiger partial charge < -0.3 is 65.7 Å². The number of carbonyl (C=O) groups excluding carboxylic acids is 10. The molecule has 0 spiro atoms. The van der Waals surface area contributed by atoms with Crippen LogP contribution in [0.5, 0.6) is 0 Å². The summed E-state index contributed by atoms with van der Waals surface area (Å²) in [6.07, 6.45) is -3.37. The van der Waals surface area contributed by atoms with Crippen molar-refractivity contribution in [2.75, 3.05) is 0 Å². The van der Waals surface area contributed by atoms with Crippen molar-refractivity contribution in [2.24, 2.45) is 40.5 Å². The van der Waals surface area contributed by atoms with Crippen LogP contribution in [0, 0.1) is 11.8 Å². The number of carbonyl (C=O) groups is 11. The predicted octanol–water partition coefficient (Wildman–Crippen LogP) is -6.08. The summed E-state index contributed by atoms with van der Waals surface area (Å²) in [5.41, 5.74) is 26.7. The van der Waals surface area contributed by atoms with Crippen LogP contribution in [-0.2, 0) is 52.7 Å². The molecule has 0 aliphatic heterocycles. The maximum absolute atomic E-state index is 13.4. The molecule has 23 heteroatoms. The summed E-state index contributed by atoms with van der Waals surface area (Å²) in [5, 5.41) is 22.9. The van der Waals surface area contributed by atoms with E-state index in [0.29, 0.717) is 0 Å². The summed E-state index contributed by atoms with van der Waals surface area (Å²) >= 11 is 0. The average molecular weight is 772 g/mol. The quantitative estimate of drug-likeness (QED) is 0.0412. The lowest BCUT2D eigenvalue weighted by molar-refractivity contribution is -0.142. The van der Waals surface area contributed by atoms with Gasteiger partial charge in [0.15, 0.2) is 0 Å². The van der Waals surface area contributed by atoms with Crippen LogP contribution in [-0.4, -0.2) is 112 Å². The molecule has 0 heterocycles. The predicted molar refractivity (Wildman–Crippen MR) is 187 cm³/mol. The average Bonchev–Trinajstić information content (AvgIpc) is 3.04. The van der Waals surface area contributed by atoms with Gasteiger partial charge in [-0.1, -0.05) is 27.7 Å². The van der Waals surface area contributed by atoms with Gasteiger partial charge in [-0.2, -0.15) is 0 Å². The van der Waals surface area contributed by atoms with Crippen molar-refractivity contribution < 1.29 is 57.8 Å². The number of nitrogens with two attached hydrogens (primary N) is 5. The first-order valence-corrected chi connectivity index (χ1v) is 16.8. The van der Waals surface area contributed by atoms with Crippen LogP contribution in [0.15, 0.2) is 0 Å². The van der Waals surface area contributed by atoms with Crippen LogP contribution < -0.4 is 60.6 Å². The third kappa shape index (κ3) is 18.1. The number of primary amides is 4. The zero-order valence-corrected chi connectivity index (χ0v) is 30.8. The monoisotopic (exact) mass is 771 g/mol. The van der Waals surface area contributed by atoms with E-state index in [-0.39, 0.29) is 18.8 Å². The molecule has 0 radical (unpaired) electrons. The third-order valence-corrected chi connectivity index (χ3v) is 7.70. The minimum atomic E-state index is -1.79. The molecule has 0 aromatic rings. The lowest BCUT2D eigenvalue weighted by Gasteiger charge is -2.28. The molecule has 0 aromatic carbocycles. The van der Waals surface area contributed by atoms with Crippen molar-refractivity contribution in [3.05, 3.63) is 0 Å². The summed E-state index contributed by atoms with van der Waals surface area (Å²) in [4.78, 5) is 136. The molecule has 0 fully saturated rings. The zero-order chi connectivity index (χ0) is 42.0. The first kappa shape index (κ1) is 48.1. The Balaban J connectivity index is 6.18. The number of hydrogen-bond acceptors (Lipinski definition) is 12. The SMILES string of the molecule is CC(C)[C@H](N)C(=O)N[C@H](C(=O)N[C@@H](CC(N)=O)C(=O)N[C@@H](CCC(N)=O)C(=O)N[C@@H](CC(N)=O)C(=O)N[C@@H](C)C(=O)N[C@@H](CCC(N)=O)C(=O)O)C(C)C. The fraction of sp³-hybridized carbons (Fsp3) is 0.645. The molecule has 0 saturated heterocycles. The molecular formula is C31H53N11O12. The molecule has 0 aliphatic rings. The second-order valence-corrected chi connectivity index (χ2v) is 13.2. The first-order valence-electron chi connectivity index (χ1n) is 16.8. The van der Waals surface area contributed by atoms with Crippen molar-refractivity contribution in [1.29, 1.82) is 0 Å². The van der Waals surface area contributed by atoms with Gasteiger partial charge >= 0.3 is 5.97 Å². The minimum Gasteiger partial charge on any atom is -0.480 e. The van der Waals surface area contributed by atoms with Gasteiger partial charge in [0.1, 0.15) is 36.3 Å². The Morgan fingerprint density at radius 3 is 1.26 bits per heavy atom. The molecule has 10 amide bonds. The van der Waals surface area contributed by atoms with Gasteiger partial charge in [0, 0.05) is 12.8 Å². The Labute approximate surface area is 310 Å². The van der Waals surface area contributed by atoms with E-state index in [0.717, 1.165) is 6.92 Å². The second-order valence-electron chi connectivity index (χ2n) is 13.2. The molecule has 7 atom stereocenters. The molecule has 17 N–H and O–H groups in total. The minimum absolute atomic E-state index is 0.286. The number of hydrogen-bond donors (Lipinski definition) is 12. The smallest absolute Gasteiger partial charge is 0.326 e. The van der Waals surface area contributed by atoms with Crippen molar-refractivity contribution in [2.45, 2.75) is 115 Å². The Kier molecular flexibility index (Phi) is 20.4. The lowest BCUT2D eigenvalue weighted by atomic mass is 9.99. The fourth-order valence-corrected chi connectivity index (χ4v) is 4.49. The van der Waals surface area contributed by atoms with Gasteiger partial charge in [-0.05, 0) is 31.6 Å². The van der Waals surface area contributed by atoms with Crippen molar-refractivity contribution >= 4 is 65.0 Å². The van der Waals surface area contributed by atoms with E-state index in [4.69, 9.17) is 28.7 Å². The van der Waals surface area contributed by atoms with Crippen LogP contribution in [0.1, 0.15) is 73.1 Å². The fourth-order valence-electron chi connectivity index (χ4n) is 4.49. The molecule has 0 aliphatic carbocycles. The Hall–Kier alpha value is -5.87. The van der Waals surface area contributed by atoms with Crippen LogP contribution in [0.25, 0.3) is 0 Å². The summed E-state index contributed by atoms with van der Waals surface area (Å²) in [6, 6.07) is -10.5. The van der Waals surface area contributed by atoms with E-state index in [1.54, 1.807) is 27.7 Å². The Morgan fingerprint density at radius 1 is 0.463 bits per heavy atom. The number of carboxylic acids is 1. The van der Waals surface area contributed by atoms with Gasteiger partial charge in [0.2, 0.25) is 59.1 Å². The molecule has 0 bridgehead atoms. The molecular weight excluding hydrogens is 718 g/mol. The van der Waals surface area contributed by atoms with E-state index < -0.39 is 139 Å². The Morgan fingerprint density at radius 2 is 0.852 bits per heavy atom. The molecule has 304 valence electrons. The zero-order valence-electron chi connectivity index (χ0n) is 30.8. The first-order chi connectivity index (χ1) is 24.9. The highest BCUT2D eigenvalue weighted by Gasteiger charge is 2.35. The van der Waals surface area contributed by atoms with Gasteiger partial charge in [0.25, 0.3) is 0 Å². The number of aliphatic carboxylic acids is 1. The van der Waals surface area contributed by atoms with E-state index >= 15 is 0 Å². The van der Waals surface area contributed by atoms with E-state index in [1.807, 2.05) is 0 Å². The van der Waals surface area contributed by atoms with Gasteiger partial charge in [-0.25, -0.2) is 4.79 Å². The number of rotatable bonds is 25. The maximum atomic E-state index is 13.4. The standard InChI is InChI=1S/C31H53N11O12/c1-12(2)23(36)29(51)42-24(13(3)4)30(52)41-18(11-22(35)46)28(50)38-15(6-8-19(32)43)26(48)40-17(10-21(34)45)27(49)37-14(5)25(47)39-16(31(53)54)7-9-20(33)44/h12-18,23-24H,6-11,36H2,1-5H3,(H2,32,43)(H2,33,44)(H2,34,45)(H2,35,46)(H,37,49)(H,38,50)(H,39,47)(H,40,48)(H,41,52)(H,42,51)(H,53,54)/t14-,15-,16-,17-,18-,23-,24-/m0/s1. The van der Waals surface area contributed by atoms with E-state index in [2.05, 4.69) is 31.9 Å². The highest BCUT2D eigenvalue weighted by Crippen LogP contribution is 2.08. The van der Waals surface area contributed by atoms with Crippen LogP contribution in [0.2, 0.25) is 0 Å². The largest absolute Gasteiger partial charge is 0.480 e. The van der Waals surface area contributed by atoms with Gasteiger partial charge in [-0.3, -0.25) is 47.9 Å². The van der Waals surface area contributed by atoms with Crippen LogP contribution >= 0.6 is 0 Å². The molecule has 23 nitrogen and oxygen atoms in total. The van der Waals surface area contributed by atoms with E-state index in [9.17, 15) is 57.8 Å². The van der Waals surface area contributed by atoms with Crippen molar-refractivity contribution in [1.82, 2.24) is 31.9 Å².